The lowest BCUT2D eigenvalue weighted by Gasteiger charge is -2.29. The van der Waals surface area contributed by atoms with Crippen molar-refractivity contribution in [3.63, 3.8) is 0 Å². The topological polar surface area (TPSA) is 33.2 Å². The quantitative estimate of drug-likeness (QED) is 0.842. The summed E-state index contributed by atoms with van der Waals surface area (Å²) in [7, 11) is 1.84. The van der Waals surface area contributed by atoms with Crippen molar-refractivity contribution in [1.82, 2.24) is 9.88 Å². The number of benzene rings is 1. The Labute approximate surface area is 140 Å². The Morgan fingerprint density at radius 2 is 1.91 bits per heavy atom. The van der Waals surface area contributed by atoms with Crippen molar-refractivity contribution in [2.45, 2.75) is 45.1 Å². The Kier molecular flexibility index (Phi) is 4.00. The van der Waals surface area contributed by atoms with E-state index in [9.17, 15) is 9.18 Å². The van der Waals surface area contributed by atoms with Gasteiger partial charge < -0.3 is 4.90 Å². The lowest BCUT2D eigenvalue weighted by atomic mass is 9.93. The number of hydrogen-bond donors (Lipinski definition) is 0. The number of amides is 1. The van der Waals surface area contributed by atoms with Crippen LogP contribution in [0.3, 0.4) is 0 Å². The highest BCUT2D eigenvalue weighted by atomic mass is 32.1. The second-order valence-corrected chi connectivity index (χ2v) is 7.76. The Morgan fingerprint density at radius 1 is 1.30 bits per heavy atom. The first kappa shape index (κ1) is 16.1. The van der Waals surface area contributed by atoms with E-state index in [-0.39, 0.29) is 17.8 Å². The van der Waals surface area contributed by atoms with Crippen LogP contribution in [0.25, 0.3) is 0 Å². The molecule has 1 saturated carbocycles. The number of carbonyl (C=O) groups is 1. The van der Waals surface area contributed by atoms with Crippen LogP contribution in [0, 0.1) is 19.7 Å². The van der Waals surface area contributed by atoms with Crippen LogP contribution in [0.1, 0.15) is 46.9 Å². The molecule has 0 N–H and O–H groups in total. The van der Waals surface area contributed by atoms with Gasteiger partial charge in [-0.25, -0.2) is 9.37 Å². The number of thiazole rings is 1. The van der Waals surface area contributed by atoms with E-state index in [1.54, 1.807) is 28.4 Å². The van der Waals surface area contributed by atoms with Gasteiger partial charge in [-0.05, 0) is 51.3 Å². The number of rotatable bonds is 4. The van der Waals surface area contributed by atoms with Crippen LogP contribution in [0.2, 0.25) is 0 Å². The maximum absolute atomic E-state index is 13.1. The monoisotopic (exact) mass is 332 g/mol. The summed E-state index contributed by atoms with van der Waals surface area (Å²) >= 11 is 1.66. The highest BCUT2D eigenvalue weighted by Crippen LogP contribution is 2.50. The highest BCUT2D eigenvalue weighted by molar-refractivity contribution is 7.11. The molecule has 5 heteroatoms. The number of halogens is 1. The minimum Gasteiger partial charge on any atom is -0.337 e. The number of carbonyl (C=O) groups excluding carboxylic acids is 1. The Hall–Kier alpha value is -1.75. The number of hydrogen-bond acceptors (Lipinski definition) is 3. The van der Waals surface area contributed by atoms with Crippen molar-refractivity contribution in [2.75, 3.05) is 7.05 Å². The standard InChI is InChI=1S/C18H21FN2OS/c1-11(16-12(2)23-13(3)20-16)21(4)17(22)18(9-10-18)14-5-7-15(19)8-6-14/h5-8,11H,9-10H2,1-4H3. The highest BCUT2D eigenvalue weighted by Gasteiger charge is 2.53. The van der Waals surface area contributed by atoms with E-state index >= 15 is 0 Å². The van der Waals surface area contributed by atoms with E-state index < -0.39 is 5.41 Å². The van der Waals surface area contributed by atoms with E-state index in [2.05, 4.69) is 4.98 Å². The molecule has 1 amide bonds. The summed E-state index contributed by atoms with van der Waals surface area (Å²) in [4.78, 5) is 20.6. The van der Waals surface area contributed by atoms with Crippen LogP contribution < -0.4 is 0 Å². The van der Waals surface area contributed by atoms with Crippen molar-refractivity contribution in [3.8, 4) is 0 Å². The summed E-state index contributed by atoms with van der Waals surface area (Å²) in [6, 6.07) is 6.26. The van der Waals surface area contributed by atoms with Gasteiger partial charge in [0.05, 0.1) is 22.2 Å². The minimum absolute atomic E-state index is 0.0645. The molecule has 0 spiro atoms. The van der Waals surface area contributed by atoms with Crippen molar-refractivity contribution < 1.29 is 9.18 Å². The molecular weight excluding hydrogens is 311 g/mol. The Morgan fingerprint density at radius 3 is 2.39 bits per heavy atom. The molecule has 0 aliphatic heterocycles. The van der Waals surface area contributed by atoms with E-state index in [1.807, 2.05) is 27.8 Å². The normalized spacial score (nSPS) is 16.9. The van der Waals surface area contributed by atoms with Gasteiger partial charge in [-0.15, -0.1) is 11.3 Å². The average molecular weight is 332 g/mol. The molecule has 1 atom stereocenters. The zero-order valence-electron chi connectivity index (χ0n) is 13.9. The van der Waals surface area contributed by atoms with Crippen molar-refractivity contribution >= 4 is 17.2 Å². The third-order valence-electron chi connectivity index (χ3n) is 4.79. The fourth-order valence-electron chi connectivity index (χ4n) is 3.15. The van der Waals surface area contributed by atoms with Crippen LogP contribution in [0.5, 0.6) is 0 Å². The maximum Gasteiger partial charge on any atom is 0.233 e. The summed E-state index contributed by atoms with van der Waals surface area (Å²) in [6.07, 6.45) is 1.65. The Bertz CT molecular complexity index is 734. The van der Waals surface area contributed by atoms with E-state index in [4.69, 9.17) is 0 Å². The van der Waals surface area contributed by atoms with Gasteiger partial charge in [0.25, 0.3) is 0 Å². The first-order valence-corrected chi connectivity index (χ1v) is 8.64. The van der Waals surface area contributed by atoms with Crippen LogP contribution in [0.4, 0.5) is 4.39 Å². The van der Waals surface area contributed by atoms with Gasteiger partial charge in [0.1, 0.15) is 5.82 Å². The second-order valence-electron chi connectivity index (χ2n) is 6.36. The van der Waals surface area contributed by atoms with Gasteiger partial charge >= 0.3 is 0 Å². The molecule has 2 aromatic rings. The van der Waals surface area contributed by atoms with E-state index in [0.717, 1.165) is 34.0 Å². The molecule has 0 radical (unpaired) electrons. The van der Waals surface area contributed by atoms with Crippen molar-refractivity contribution in [3.05, 3.63) is 51.2 Å². The number of likely N-dealkylation sites (N-methyl/N-ethyl adjacent to an activating group) is 1. The van der Waals surface area contributed by atoms with Gasteiger partial charge in [0.15, 0.2) is 0 Å². The number of aromatic nitrogens is 1. The fourth-order valence-corrected chi connectivity index (χ4v) is 4.06. The number of aryl methyl sites for hydroxylation is 2. The van der Waals surface area contributed by atoms with Gasteiger partial charge in [0.2, 0.25) is 5.91 Å². The molecule has 122 valence electrons. The van der Waals surface area contributed by atoms with Crippen LogP contribution in [-0.4, -0.2) is 22.8 Å². The van der Waals surface area contributed by atoms with Crippen LogP contribution >= 0.6 is 11.3 Å². The molecular formula is C18H21FN2OS. The van der Waals surface area contributed by atoms with Crippen molar-refractivity contribution in [2.24, 2.45) is 0 Å². The zero-order chi connectivity index (χ0) is 16.8. The summed E-state index contributed by atoms with van der Waals surface area (Å²) in [6.45, 7) is 6.04. The Balaban J connectivity index is 1.84. The molecule has 0 saturated heterocycles. The predicted octanol–water partition coefficient (Wildman–Crippen LogP) is 4.15. The molecule has 0 bridgehead atoms. The predicted molar refractivity (Wildman–Crippen MR) is 90.1 cm³/mol. The number of nitrogens with zero attached hydrogens (tertiary/aromatic N) is 2. The van der Waals surface area contributed by atoms with E-state index in [1.165, 1.54) is 12.1 Å². The molecule has 1 unspecified atom stereocenters. The zero-order valence-corrected chi connectivity index (χ0v) is 14.7. The summed E-state index contributed by atoms with van der Waals surface area (Å²) in [5.74, 6) is -0.172. The summed E-state index contributed by atoms with van der Waals surface area (Å²) < 4.78 is 13.1. The summed E-state index contributed by atoms with van der Waals surface area (Å²) in [5.41, 5.74) is 1.41. The first-order valence-electron chi connectivity index (χ1n) is 7.82. The van der Waals surface area contributed by atoms with Gasteiger partial charge in [0, 0.05) is 11.9 Å². The lowest BCUT2D eigenvalue weighted by Crippen LogP contribution is -2.38. The van der Waals surface area contributed by atoms with Crippen molar-refractivity contribution in [1.29, 1.82) is 0 Å². The molecule has 3 rings (SSSR count). The van der Waals surface area contributed by atoms with Gasteiger partial charge in [-0.2, -0.15) is 0 Å². The van der Waals surface area contributed by atoms with Crippen LogP contribution in [0.15, 0.2) is 24.3 Å². The molecule has 1 aliphatic carbocycles. The maximum atomic E-state index is 13.1. The fraction of sp³-hybridized carbons (Fsp3) is 0.444. The molecule has 1 aliphatic rings. The first-order chi connectivity index (χ1) is 10.8. The van der Waals surface area contributed by atoms with Crippen LogP contribution in [-0.2, 0) is 10.2 Å². The molecule has 1 fully saturated rings. The molecule has 1 aromatic heterocycles. The molecule has 1 aromatic carbocycles. The smallest absolute Gasteiger partial charge is 0.233 e. The summed E-state index contributed by atoms with van der Waals surface area (Å²) in [5, 5.41) is 1.02. The van der Waals surface area contributed by atoms with E-state index in [0.29, 0.717) is 0 Å². The minimum atomic E-state index is -0.477. The third-order valence-corrected chi connectivity index (χ3v) is 5.69. The average Bonchev–Trinajstić information content (AvgIpc) is 3.26. The SMILES string of the molecule is Cc1nc(C(C)N(C)C(=O)C2(c3ccc(F)cc3)CC2)c(C)s1. The lowest BCUT2D eigenvalue weighted by molar-refractivity contribution is -0.134. The third kappa shape index (κ3) is 2.78. The van der Waals surface area contributed by atoms with Gasteiger partial charge in [-0.3, -0.25) is 4.79 Å². The molecule has 23 heavy (non-hydrogen) atoms. The second kappa shape index (κ2) is 5.71. The molecule has 1 heterocycles. The largest absolute Gasteiger partial charge is 0.337 e. The van der Waals surface area contributed by atoms with Gasteiger partial charge in [-0.1, -0.05) is 12.1 Å². The molecule has 3 nitrogen and oxygen atoms in total.